The molecule has 20 heavy (non-hydrogen) atoms. The van der Waals surface area contributed by atoms with E-state index in [9.17, 15) is 9.90 Å². The molecule has 0 spiro atoms. The Balaban J connectivity index is 2.11. The maximum absolute atomic E-state index is 11.4. The SMILES string of the molecule is CCC1CCC(C(=O)O)C(Sc2cccc(OC)c2)C1. The lowest BCUT2D eigenvalue weighted by Gasteiger charge is -2.33. The fraction of sp³-hybridized carbons (Fsp3) is 0.562. The van der Waals surface area contributed by atoms with Gasteiger partial charge in [0.25, 0.3) is 0 Å². The fourth-order valence-corrected chi connectivity index (χ4v) is 4.32. The molecule has 4 heteroatoms. The van der Waals surface area contributed by atoms with Gasteiger partial charge in [-0.15, -0.1) is 11.8 Å². The van der Waals surface area contributed by atoms with E-state index in [4.69, 9.17) is 4.74 Å². The molecule has 0 bridgehead atoms. The Hall–Kier alpha value is -1.16. The summed E-state index contributed by atoms with van der Waals surface area (Å²) >= 11 is 1.69. The van der Waals surface area contributed by atoms with Gasteiger partial charge in [-0.1, -0.05) is 19.4 Å². The maximum Gasteiger partial charge on any atom is 0.307 e. The average Bonchev–Trinajstić information content (AvgIpc) is 2.47. The van der Waals surface area contributed by atoms with Gasteiger partial charge >= 0.3 is 5.97 Å². The van der Waals surface area contributed by atoms with Gasteiger partial charge in [0.15, 0.2) is 0 Å². The van der Waals surface area contributed by atoms with Crippen LogP contribution in [0.15, 0.2) is 29.2 Å². The maximum atomic E-state index is 11.4. The lowest BCUT2D eigenvalue weighted by atomic mass is 9.80. The lowest BCUT2D eigenvalue weighted by molar-refractivity contribution is -0.142. The van der Waals surface area contributed by atoms with Gasteiger partial charge in [-0.2, -0.15) is 0 Å². The van der Waals surface area contributed by atoms with Crippen molar-refractivity contribution in [2.24, 2.45) is 11.8 Å². The minimum absolute atomic E-state index is 0.165. The molecule has 3 unspecified atom stereocenters. The molecular weight excluding hydrogens is 272 g/mol. The Morgan fingerprint density at radius 1 is 1.45 bits per heavy atom. The summed E-state index contributed by atoms with van der Waals surface area (Å²) in [5.41, 5.74) is 0. The van der Waals surface area contributed by atoms with E-state index in [1.807, 2.05) is 24.3 Å². The molecule has 3 atom stereocenters. The molecule has 0 saturated heterocycles. The Kier molecular flexibility index (Phi) is 5.35. The first-order valence-electron chi connectivity index (χ1n) is 7.17. The van der Waals surface area contributed by atoms with Crippen LogP contribution in [-0.2, 0) is 4.79 Å². The van der Waals surface area contributed by atoms with E-state index in [1.54, 1.807) is 18.9 Å². The van der Waals surface area contributed by atoms with E-state index in [1.165, 1.54) is 0 Å². The first-order valence-corrected chi connectivity index (χ1v) is 8.05. The van der Waals surface area contributed by atoms with Crippen LogP contribution in [0, 0.1) is 11.8 Å². The molecule has 1 aliphatic rings. The van der Waals surface area contributed by atoms with Crippen LogP contribution in [0.2, 0.25) is 0 Å². The number of hydrogen-bond acceptors (Lipinski definition) is 3. The number of carboxylic acids is 1. The van der Waals surface area contributed by atoms with Gasteiger partial charge in [-0.3, -0.25) is 4.79 Å². The van der Waals surface area contributed by atoms with Crippen LogP contribution in [-0.4, -0.2) is 23.4 Å². The smallest absolute Gasteiger partial charge is 0.307 e. The van der Waals surface area contributed by atoms with Gasteiger partial charge in [0, 0.05) is 10.1 Å². The van der Waals surface area contributed by atoms with Crippen LogP contribution in [0.4, 0.5) is 0 Å². The summed E-state index contributed by atoms with van der Waals surface area (Å²) in [6, 6.07) is 7.88. The predicted octanol–water partition coefficient (Wildman–Crippen LogP) is 4.07. The molecule has 0 heterocycles. The van der Waals surface area contributed by atoms with Crippen LogP contribution >= 0.6 is 11.8 Å². The molecule has 110 valence electrons. The highest BCUT2D eigenvalue weighted by molar-refractivity contribution is 8.00. The Bertz CT molecular complexity index is 461. The summed E-state index contributed by atoms with van der Waals surface area (Å²) in [4.78, 5) is 12.5. The third-order valence-electron chi connectivity index (χ3n) is 4.12. The highest BCUT2D eigenvalue weighted by atomic mass is 32.2. The van der Waals surface area contributed by atoms with Gasteiger partial charge < -0.3 is 9.84 Å². The molecular formula is C16H22O3S. The van der Waals surface area contributed by atoms with Gasteiger partial charge in [-0.05, 0) is 43.4 Å². The Labute approximate surface area is 124 Å². The fourth-order valence-electron chi connectivity index (χ4n) is 2.84. The summed E-state index contributed by atoms with van der Waals surface area (Å²) < 4.78 is 5.23. The normalized spacial score (nSPS) is 26.2. The minimum Gasteiger partial charge on any atom is -0.497 e. The van der Waals surface area contributed by atoms with E-state index in [0.717, 1.165) is 36.3 Å². The van der Waals surface area contributed by atoms with Gasteiger partial charge in [0.2, 0.25) is 0 Å². The number of hydrogen-bond donors (Lipinski definition) is 1. The van der Waals surface area contributed by atoms with Crippen molar-refractivity contribution in [2.75, 3.05) is 7.11 Å². The van der Waals surface area contributed by atoms with E-state index in [-0.39, 0.29) is 11.2 Å². The highest BCUT2D eigenvalue weighted by Gasteiger charge is 2.35. The van der Waals surface area contributed by atoms with Crippen molar-refractivity contribution in [3.8, 4) is 5.75 Å². The largest absolute Gasteiger partial charge is 0.497 e. The van der Waals surface area contributed by atoms with Crippen molar-refractivity contribution in [1.29, 1.82) is 0 Å². The predicted molar refractivity (Wildman–Crippen MR) is 81.4 cm³/mol. The number of methoxy groups -OCH3 is 1. The zero-order chi connectivity index (χ0) is 14.5. The van der Waals surface area contributed by atoms with Crippen molar-refractivity contribution in [3.05, 3.63) is 24.3 Å². The zero-order valence-electron chi connectivity index (χ0n) is 12.0. The summed E-state index contributed by atoms with van der Waals surface area (Å²) in [7, 11) is 1.65. The monoisotopic (exact) mass is 294 g/mol. The molecule has 0 amide bonds. The second kappa shape index (κ2) is 7.02. The number of ether oxygens (including phenoxy) is 1. The van der Waals surface area contributed by atoms with Gasteiger partial charge in [0.1, 0.15) is 5.75 Å². The molecule has 1 aromatic carbocycles. The summed E-state index contributed by atoms with van der Waals surface area (Å²) in [5.74, 6) is 0.604. The third-order valence-corrected chi connectivity index (χ3v) is 5.47. The molecule has 3 nitrogen and oxygen atoms in total. The topological polar surface area (TPSA) is 46.5 Å². The van der Waals surface area contributed by atoms with Gasteiger partial charge in [-0.25, -0.2) is 0 Å². The van der Waals surface area contributed by atoms with E-state index in [0.29, 0.717) is 5.92 Å². The van der Waals surface area contributed by atoms with E-state index >= 15 is 0 Å². The molecule has 0 aromatic heterocycles. The Morgan fingerprint density at radius 2 is 2.25 bits per heavy atom. The molecule has 1 saturated carbocycles. The highest BCUT2D eigenvalue weighted by Crippen LogP contribution is 2.41. The van der Waals surface area contributed by atoms with E-state index < -0.39 is 5.97 Å². The van der Waals surface area contributed by atoms with Gasteiger partial charge in [0.05, 0.1) is 13.0 Å². The molecule has 2 rings (SSSR count). The number of thioether (sulfide) groups is 1. The van der Waals surface area contributed by atoms with Crippen molar-refractivity contribution in [1.82, 2.24) is 0 Å². The average molecular weight is 294 g/mol. The second-order valence-corrected chi connectivity index (χ2v) is 6.68. The quantitative estimate of drug-likeness (QED) is 0.889. The zero-order valence-corrected chi connectivity index (χ0v) is 12.9. The Morgan fingerprint density at radius 3 is 2.90 bits per heavy atom. The molecule has 0 aliphatic heterocycles. The van der Waals surface area contributed by atoms with E-state index in [2.05, 4.69) is 6.92 Å². The summed E-state index contributed by atoms with van der Waals surface area (Å²) in [5, 5.41) is 9.57. The standard InChI is InChI=1S/C16H22O3S/c1-3-11-7-8-14(16(17)18)15(9-11)20-13-6-4-5-12(10-13)19-2/h4-6,10-11,14-15H,3,7-9H2,1-2H3,(H,17,18). The van der Waals surface area contributed by atoms with Crippen molar-refractivity contribution >= 4 is 17.7 Å². The second-order valence-electron chi connectivity index (χ2n) is 5.37. The van der Waals surface area contributed by atoms with Crippen LogP contribution < -0.4 is 4.74 Å². The molecule has 1 aromatic rings. The van der Waals surface area contributed by atoms with Crippen molar-refractivity contribution < 1.29 is 14.6 Å². The first kappa shape index (κ1) is 15.2. The van der Waals surface area contributed by atoms with Crippen molar-refractivity contribution in [2.45, 2.75) is 42.8 Å². The first-order chi connectivity index (χ1) is 9.63. The van der Waals surface area contributed by atoms with Crippen molar-refractivity contribution in [3.63, 3.8) is 0 Å². The number of aliphatic carboxylic acids is 1. The third kappa shape index (κ3) is 3.69. The number of carboxylic acid groups (broad SMARTS) is 1. The number of carbonyl (C=O) groups is 1. The molecule has 1 aliphatic carbocycles. The molecule has 1 fully saturated rings. The minimum atomic E-state index is -0.653. The number of rotatable bonds is 5. The molecule has 0 radical (unpaired) electrons. The number of benzene rings is 1. The van der Waals surface area contributed by atoms with Crippen LogP contribution in [0.25, 0.3) is 0 Å². The molecule has 1 N–H and O–H groups in total. The summed E-state index contributed by atoms with van der Waals surface area (Å²) in [6.45, 7) is 2.19. The summed E-state index contributed by atoms with van der Waals surface area (Å²) in [6.07, 6.45) is 3.98. The van der Waals surface area contributed by atoms with Crippen LogP contribution in [0.5, 0.6) is 5.75 Å². The van der Waals surface area contributed by atoms with Crippen LogP contribution in [0.3, 0.4) is 0 Å². The van der Waals surface area contributed by atoms with Crippen LogP contribution in [0.1, 0.15) is 32.6 Å². The lowest BCUT2D eigenvalue weighted by Crippen LogP contribution is -2.32.